The Morgan fingerprint density at radius 2 is 1.79 bits per heavy atom. The molecule has 0 N–H and O–H groups in total. The Hall–Kier alpha value is -2.08. The van der Waals surface area contributed by atoms with Crippen LogP contribution in [0.15, 0.2) is 42.5 Å². The summed E-state index contributed by atoms with van der Waals surface area (Å²) < 4.78 is 10.9. The van der Waals surface area contributed by atoms with Gasteiger partial charge in [0.05, 0.1) is 12.1 Å². The number of methoxy groups -OCH3 is 1. The van der Waals surface area contributed by atoms with Crippen molar-refractivity contribution in [2.45, 2.75) is 0 Å². The third-order valence-corrected chi connectivity index (χ3v) is 5.16. The van der Waals surface area contributed by atoms with Crippen LogP contribution in [0.3, 0.4) is 0 Å². The van der Waals surface area contributed by atoms with E-state index in [-0.39, 0.29) is 16.2 Å². The van der Waals surface area contributed by atoms with E-state index in [1.54, 1.807) is 0 Å². The maximum absolute atomic E-state index is 12.5. The quantitative estimate of drug-likeness (QED) is 0.462. The number of hydrogen-bond donors (Lipinski definition) is 0. The van der Waals surface area contributed by atoms with Gasteiger partial charge in [0.15, 0.2) is 0 Å². The maximum atomic E-state index is 12.5. The summed E-state index contributed by atoms with van der Waals surface area (Å²) in [5, 5.41) is 1.43. The Morgan fingerprint density at radius 1 is 1.04 bits per heavy atom. The van der Waals surface area contributed by atoms with Gasteiger partial charge in [-0.1, -0.05) is 41.4 Å². The normalized spacial score (nSPS) is 10.6. The summed E-state index contributed by atoms with van der Waals surface area (Å²) in [4.78, 5) is 24.6. The summed E-state index contributed by atoms with van der Waals surface area (Å²) in [5.41, 5.74) is 0.0654. The molecular weight excluding hydrogens is 371 g/mol. The number of fused-ring (bicyclic) bond motifs is 1. The molecule has 3 aromatic rings. The molecule has 3 rings (SSSR count). The van der Waals surface area contributed by atoms with Crippen molar-refractivity contribution in [3.8, 4) is 5.75 Å². The van der Waals surface area contributed by atoms with Crippen LogP contribution < -0.4 is 4.74 Å². The lowest BCUT2D eigenvalue weighted by Gasteiger charge is -2.08. The van der Waals surface area contributed by atoms with Crippen molar-refractivity contribution in [3.05, 3.63) is 63.0 Å². The molecule has 0 aliphatic rings. The van der Waals surface area contributed by atoms with E-state index < -0.39 is 11.9 Å². The van der Waals surface area contributed by atoms with E-state index in [0.717, 1.165) is 10.1 Å². The van der Waals surface area contributed by atoms with E-state index in [9.17, 15) is 9.59 Å². The second-order valence-electron chi connectivity index (χ2n) is 4.76. The van der Waals surface area contributed by atoms with Crippen LogP contribution in [0.1, 0.15) is 20.0 Å². The Labute approximate surface area is 151 Å². The van der Waals surface area contributed by atoms with Crippen LogP contribution in [0.5, 0.6) is 5.75 Å². The fraction of sp³-hybridized carbons (Fsp3) is 0.0588. The fourth-order valence-electron chi connectivity index (χ4n) is 2.15. The standard InChI is InChI=1S/C17H10Cl2O4S/c1-22-16(20)11-8-9(18)6-7-12(11)23-17(21)15-14(19)10-4-2-3-5-13(10)24-15/h2-8H,1H3. The number of halogens is 2. The predicted octanol–water partition coefficient (Wildman–Crippen LogP) is 5.21. The van der Waals surface area contributed by atoms with Gasteiger partial charge in [-0.25, -0.2) is 9.59 Å². The summed E-state index contributed by atoms with van der Waals surface area (Å²) in [5.74, 6) is -1.24. The number of rotatable bonds is 3. The number of esters is 2. The third kappa shape index (κ3) is 3.11. The predicted molar refractivity (Wildman–Crippen MR) is 94.6 cm³/mol. The lowest BCUT2D eigenvalue weighted by molar-refractivity contribution is 0.0593. The minimum atomic E-state index is -0.650. The van der Waals surface area contributed by atoms with Crippen molar-refractivity contribution < 1.29 is 19.1 Å². The van der Waals surface area contributed by atoms with Gasteiger partial charge in [-0.05, 0) is 24.3 Å². The second kappa shape index (κ2) is 6.81. The van der Waals surface area contributed by atoms with E-state index in [1.165, 1.54) is 36.6 Å². The van der Waals surface area contributed by atoms with E-state index in [1.807, 2.05) is 24.3 Å². The van der Waals surface area contributed by atoms with Gasteiger partial charge in [0.25, 0.3) is 0 Å². The van der Waals surface area contributed by atoms with Crippen molar-refractivity contribution in [1.82, 2.24) is 0 Å². The van der Waals surface area contributed by atoms with Gasteiger partial charge in [0, 0.05) is 15.1 Å². The summed E-state index contributed by atoms with van der Waals surface area (Å²) >= 11 is 13.4. The summed E-state index contributed by atoms with van der Waals surface area (Å²) in [6.07, 6.45) is 0. The molecule has 0 atom stereocenters. The van der Waals surface area contributed by atoms with Crippen LogP contribution in [0, 0.1) is 0 Å². The number of benzene rings is 2. The Balaban J connectivity index is 1.97. The first-order valence-electron chi connectivity index (χ1n) is 6.78. The molecule has 0 spiro atoms. The minimum absolute atomic E-state index is 0.0600. The Morgan fingerprint density at radius 3 is 2.50 bits per heavy atom. The summed E-state index contributed by atoms with van der Waals surface area (Å²) in [6.45, 7) is 0. The van der Waals surface area contributed by atoms with Crippen molar-refractivity contribution in [2.75, 3.05) is 7.11 Å². The van der Waals surface area contributed by atoms with Crippen molar-refractivity contribution in [2.24, 2.45) is 0 Å². The molecule has 0 bridgehead atoms. The zero-order valence-electron chi connectivity index (χ0n) is 12.3. The van der Waals surface area contributed by atoms with E-state index in [0.29, 0.717) is 10.0 Å². The van der Waals surface area contributed by atoms with Gasteiger partial charge < -0.3 is 9.47 Å². The van der Waals surface area contributed by atoms with Crippen LogP contribution in [0.4, 0.5) is 0 Å². The average molecular weight is 381 g/mol. The van der Waals surface area contributed by atoms with E-state index in [4.69, 9.17) is 27.9 Å². The maximum Gasteiger partial charge on any atom is 0.355 e. The molecule has 2 aromatic carbocycles. The lowest BCUT2D eigenvalue weighted by Crippen LogP contribution is -2.11. The molecule has 0 saturated carbocycles. The molecule has 0 amide bonds. The molecule has 0 aliphatic heterocycles. The summed E-state index contributed by atoms with van der Waals surface area (Å²) in [6, 6.07) is 11.7. The smallest absolute Gasteiger partial charge is 0.355 e. The van der Waals surface area contributed by atoms with E-state index in [2.05, 4.69) is 4.74 Å². The largest absolute Gasteiger partial charge is 0.465 e. The van der Waals surface area contributed by atoms with Crippen LogP contribution in [-0.4, -0.2) is 19.0 Å². The zero-order chi connectivity index (χ0) is 17.3. The van der Waals surface area contributed by atoms with Gasteiger partial charge in [0.2, 0.25) is 0 Å². The van der Waals surface area contributed by atoms with Gasteiger partial charge in [-0.2, -0.15) is 0 Å². The Kier molecular flexibility index (Phi) is 4.76. The van der Waals surface area contributed by atoms with Gasteiger partial charge in [0.1, 0.15) is 16.2 Å². The number of hydrogen-bond acceptors (Lipinski definition) is 5. The molecular formula is C17H10Cl2O4S. The lowest BCUT2D eigenvalue weighted by atomic mass is 10.2. The minimum Gasteiger partial charge on any atom is -0.465 e. The Bertz CT molecular complexity index is 949. The molecule has 0 radical (unpaired) electrons. The van der Waals surface area contributed by atoms with Crippen LogP contribution in [0.25, 0.3) is 10.1 Å². The molecule has 0 fully saturated rings. The first-order valence-corrected chi connectivity index (χ1v) is 8.35. The molecule has 0 unspecified atom stereocenters. The molecule has 7 heteroatoms. The molecule has 0 saturated heterocycles. The number of ether oxygens (including phenoxy) is 2. The van der Waals surface area contributed by atoms with Gasteiger partial charge in [-0.15, -0.1) is 11.3 Å². The third-order valence-electron chi connectivity index (χ3n) is 3.27. The highest BCUT2D eigenvalue weighted by molar-refractivity contribution is 7.21. The number of carbonyl (C=O) groups is 2. The van der Waals surface area contributed by atoms with Crippen molar-refractivity contribution >= 4 is 56.6 Å². The molecule has 122 valence electrons. The molecule has 1 heterocycles. The van der Waals surface area contributed by atoms with E-state index >= 15 is 0 Å². The van der Waals surface area contributed by atoms with Crippen LogP contribution in [-0.2, 0) is 4.74 Å². The molecule has 0 aliphatic carbocycles. The van der Waals surface area contributed by atoms with Crippen LogP contribution in [0.2, 0.25) is 10.0 Å². The SMILES string of the molecule is COC(=O)c1cc(Cl)ccc1OC(=O)c1sc2ccccc2c1Cl. The van der Waals surface area contributed by atoms with Crippen LogP contribution >= 0.6 is 34.5 Å². The fourth-order valence-corrected chi connectivity index (χ4v) is 3.71. The number of thiophene rings is 1. The highest BCUT2D eigenvalue weighted by atomic mass is 35.5. The van der Waals surface area contributed by atoms with Crippen molar-refractivity contribution in [3.63, 3.8) is 0 Å². The monoisotopic (exact) mass is 380 g/mol. The van der Waals surface area contributed by atoms with Crippen molar-refractivity contribution in [1.29, 1.82) is 0 Å². The number of carbonyl (C=O) groups excluding carboxylic acids is 2. The molecule has 24 heavy (non-hydrogen) atoms. The first-order chi connectivity index (χ1) is 11.5. The highest BCUT2D eigenvalue weighted by Crippen LogP contribution is 2.36. The first kappa shape index (κ1) is 16.8. The zero-order valence-corrected chi connectivity index (χ0v) is 14.7. The van der Waals surface area contributed by atoms with Gasteiger partial charge in [-0.3, -0.25) is 0 Å². The molecule has 4 nitrogen and oxygen atoms in total. The average Bonchev–Trinajstić information content (AvgIpc) is 2.93. The summed E-state index contributed by atoms with van der Waals surface area (Å²) in [7, 11) is 1.23. The highest BCUT2D eigenvalue weighted by Gasteiger charge is 2.22. The van der Waals surface area contributed by atoms with Gasteiger partial charge >= 0.3 is 11.9 Å². The second-order valence-corrected chi connectivity index (χ2v) is 6.63. The molecule has 1 aromatic heterocycles. The topological polar surface area (TPSA) is 52.6 Å².